The highest BCUT2D eigenvalue weighted by molar-refractivity contribution is 6.35. The van der Waals surface area contributed by atoms with E-state index in [-0.39, 0.29) is 5.69 Å². The Labute approximate surface area is 161 Å². The van der Waals surface area contributed by atoms with Crippen LogP contribution < -0.4 is 10.5 Å². The molecule has 2 aromatic heterocycles. The minimum atomic E-state index is -4.96. The van der Waals surface area contributed by atoms with Crippen molar-refractivity contribution in [2.24, 2.45) is 0 Å². The molecule has 0 saturated heterocycles. The Morgan fingerprint density at radius 2 is 1.71 bits per heavy atom. The van der Waals surface area contributed by atoms with Crippen LogP contribution in [-0.2, 0) is 0 Å². The lowest BCUT2D eigenvalue weighted by molar-refractivity contribution is -0.275. The molecule has 0 aliphatic rings. The summed E-state index contributed by atoms with van der Waals surface area (Å²) in [6.45, 7) is 0. The molecule has 6 nitrogen and oxygen atoms in total. The number of nitrogens with zero attached hydrogens (tertiary/aromatic N) is 3. The van der Waals surface area contributed by atoms with Crippen molar-refractivity contribution >= 4 is 28.3 Å². The Morgan fingerprint density at radius 1 is 1.00 bits per heavy atom. The van der Waals surface area contributed by atoms with E-state index in [2.05, 4.69) is 24.9 Å². The summed E-state index contributed by atoms with van der Waals surface area (Å²) in [4.78, 5) is 8.14. The molecule has 4 rings (SSSR count). The maximum Gasteiger partial charge on any atom is 0.574 e. The second kappa shape index (κ2) is 6.68. The first-order chi connectivity index (χ1) is 13.3. The second-order valence-electron chi connectivity index (χ2n) is 5.82. The molecule has 4 aromatic rings. The highest BCUT2D eigenvalue weighted by Gasteiger charge is 2.34. The van der Waals surface area contributed by atoms with E-state index in [0.29, 0.717) is 32.7 Å². The number of rotatable bonds is 3. The molecular weight excluding hydrogens is 395 g/mol. The molecule has 0 atom stereocenters. The van der Waals surface area contributed by atoms with Gasteiger partial charge in [0.25, 0.3) is 5.88 Å². The fraction of sp³-hybridized carbons (Fsp3) is 0.0556. The van der Waals surface area contributed by atoms with Crippen molar-refractivity contribution in [1.29, 1.82) is 0 Å². The van der Waals surface area contributed by atoms with Crippen molar-refractivity contribution < 1.29 is 17.9 Å². The van der Waals surface area contributed by atoms with E-state index in [1.54, 1.807) is 48.7 Å². The minimum Gasteiger partial charge on any atom is -0.384 e. The molecule has 0 fully saturated rings. The van der Waals surface area contributed by atoms with Crippen molar-refractivity contribution in [3.63, 3.8) is 0 Å². The molecular formula is C18H11ClF3N5O. The predicted octanol–water partition coefficient (Wildman–Crippen LogP) is 4.82. The molecule has 3 N–H and O–H groups in total. The van der Waals surface area contributed by atoms with Gasteiger partial charge in [-0.2, -0.15) is 5.10 Å². The predicted molar refractivity (Wildman–Crippen MR) is 98.7 cm³/mol. The SMILES string of the molecule is Nc1nc(-c2ccccc2)c(-c2cc(Cl)c3[nH]ncc3c2)nc1OC(F)(F)F. The molecule has 142 valence electrons. The maximum absolute atomic E-state index is 12.7. The van der Waals surface area contributed by atoms with Gasteiger partial charge in [-0.3, -0.25) is 5.10 Å². The molecule has 10 heteroatoms. The van der Waals surface area contributed by atoms with Crippen LogP contribution in [0.25, 0.3) is 33.4 Å². The lowest BCUT2D eigenvalue weighted by atomic mass is 10.0. The number of aromatic nitrogens is 4. The smallest absolute Gasteiger partial charge is 0.384 e. The first-order valence-corrected chi connectivity index (χ1v) is 8.31. The van der Waals surface area contributed by atoms with E-state index in [0.717, 1.165) is 0 Å². The largest absolute Gasteiger partial charge is 0.574 e. The molecule has 2 heterocycles. The zero-order chi connectivity index (χ0) is 19.9. The van der Waals surface area contributed by atoms with E-state index in [4.69, 9.17) is 17.3 Å². The highest BCUT2D eigenvalue weighted by atomic mass is 35.5. The average Bonchev–Trinajstić information content (AvgIpc) is 3.12. The van der Waals surface area contributed by atoms with Crippen LogP contribution in [0.5, 0.6) is 5.88 Å². The van der Waals surface area contributed by atoms with Crippen molar-refractivity contribution in [2.75, 3.05) is 5.73 Å². The van der Waals surface area contributed by atoms with E-state index in [9.17, 15) is 13.2 Å². The van der Waals surface area contributed by atoms with Crippen molar-refractivity contribution in [1.82, 2.24) is 20.2 Å². The lowest BCUT2D eigenvalue weighted by Crippen LogP contribution is -2.19. The van der Waals surface area contributed by atoms with Crippen LogP contribution in [0, 0.1) is 0 Å². The molecule has 0 aliphatic heterocycles. The van der Waals surface area contributed by atoms with Crippen LogP contribution in [0.3, 0.4) is 0 Å². The third-order valence-electron chi connectivity index (χ3n) is 3.92. The fourth-order valence-corrected chi connectivity index (χ4v) is 3.04. The summed E-state index contributed by atoms with van der Waals surface area (Å²) in [6, 6.07) is 12.1. The monoisotopic (exact) mass is 405 g/mol. The minimum absolute atomic E-state index is 0.143. The van der Waals surface area contributed by atoms with Crippen LogP contribution in [0.4, 0.5) is 19.0 Å². The first kappa shape index (κ1) is 18.1. The number of hydrogen-bond acceptors (Lipinski definition) is 5. The van der Waals surface area contributed by atoms with Gasteiger partial charge in [-0.1, -0.05) is 41.9 Å². The zero-order valence-electron chi connectivity index (χ0n) is 14.0. The van der Waals surface area contributed by atoms with Gasteiger partial charge in [0.2, 0.25) is 0 Å². The number of nitrogen functional groups attached to an aromatic ring is 1. The summed E-state index contributed by atoms with van der Waals surface area (Å²) in [7, 11) is 0. The number of nitrogens with two attached hydrogens (primary N) is 1. The summed E-state index contributed by atoms with van der Waals surface area (Å²) in [5.41, 5.74) is 7.78. The van der Waals surface area contributed by atoms with E-state index < -0.39 is 18.1 Å². The molecule has 0 amide bonds. The number of H-pyrrole nitrogens is 1. The summed E-state index contributed by atoms with van der Waals surface area (Å²) >= 11 is 6.27. The van der Waals surface area contributed by atoms with Crippen LogP contribution in [0.15, 0.2) is 48.7 Å². The highest BCUT2D eigenvalue weighted by Crippen LogP contribution is 2.37. The topological polar surface area (TPSA) is 89.7 Å². The number of hydrogen-bond donors (Lipinski definition) is 2. The van der Waals surface area contributed by atoms with Gasteiger partial charge in [0.05, 0.1) is 22.4 Å². The summed E-state index contributed by atoms with van der Waals surface area (Å²) in [6.07, 6.45) is -3.41. The number of benzene rings is 2. The quantitative estimate of drug-likeness (QED) is 0.510. The number of alkyl halides is 3. The third kappa shape index (κ3) is 3.44. The van der Waals surface area contributed by atoms with Crippen LogP contribution >= 0.6 is 11.6 Å². The van der Waals surface area contributed by atoms with Gasteiger partial charge < -0.3 is 10.5 Å². The summed E-state index contributed by atoms with van der Waals surface area (Å²) in [5, 5.41) is 7.67. The van der Waals surface area contributed by atoms with E-state index in [1.807, 2.05) is 0 Å². The lowest BCUT2D eigenvalue weighted by Gasteiger charge is -2.15. The molecule has 0 unspecified atom stereocenters. The number of anilines is 1. The molecule has 0 bridgehead atoms. The van der Waals surface area contributed by atoms with Gasteiger partial charge >= 0.3 is 6.36 Å². The van der Waals surface area contributed by atoms with Gasteiger partial charge in [0, 0.05) is 16.5 Å². The van der Waals surface area contributed by atoms with Crippen LogP contribution in [0.2, 0.25) is 5.02 Å². The molecule has 28 heavy (non-hydrogen) atoms. The van der Waals surface area contributed by atoms with E-state index >= 15 is 0 Å². The number of fused-ring (bicyclic) bond motifs is 1. The second-order valence-corrected chi connectivity index (χ2v) is 6.22. The Kier molecular flexibility index (Phi) is 4.31. The molecule has 2 aromatic carbocycles. The van der Waals surface area contributed by atoms with Gasteiger partial charge in [0.1, 0.15) is 5.69 Å². The normalized spacial score (nSPS) is 11.7. The number of aromatic amines is 1. The molecule has 0 radical (unpaired) electrons. The Bertz CT molecular complexity index is 1160. The fourth-order valence-electron chi connectivity index (χ4n) is 2.77. The van der Waals surface area contributed by atoms with Crippen LogP contribution in [-0.4, -0.2) is 26.5 Å². The van der Waals surface area contributed by atoms with Gasteiger partial charge in [-0.25, -0.2) is 9.97 Å². The number of ether oxygens (including phenoxy) is 1. The molecule has 0 spiro atoms. The van der Waals surface area contributed by atoms with Gasteiger partial charge in [0.15, 0.2) is 5.82 Å². The summed E-state index contributed by atoms with van der Waals surface area (Å²) in [5.74, 6) is -1.30. The Balaban J connectivity index is 1.97. The number of halogens is 4. The van der Waals surface area contributed by atoms with Crippen molar-refractivity contribution in [3.8, 4) is 28.4 Å². The zero-order valence-corrected chi connectivity index (χ0v) is 14.7. The van der Waals surface area contributed by atoms with Gasteiger partial charge in [-0.15, -0.1) is 13.2 Å². The summed E-state index contributed by atoms with van der Waals surface area (Å²) < 4.78 is 42.1. The maximum atomic E-state index is 12.7. The Morgan fingerprint density at radius 3 is 2.43 bits per heavy atom. The van der Waals surface area contributed by atoms with Gasteiger partial charge in [-0.05, 0) is 12.1 Å². The Hall–Kier alpha value is -3.33. The average molecular weight is 406 g/mol. The standard InChI is InChI=1S/C18H11ClF3N5O/c19-12-7-10(6-11-8-24-27-13(11)12)15-14(9-4-2-1-3-5-9)25-16(23)17(26-15)28-18(20,21)22/h1-8H,(H2,23,25)(H,24,27). The molecule has 0 aliphatic carbocycles. The van der Waals surface area contributed by atoms with Crippen LogP contribution in [0.1, 0.15) is 0 Å². The first-order valence-electron chi connectivity index (χ1n) is 7.93. The molecule has 0 saturated carbocycles. The third-order valence-corrected chi connectivity index (χ3v) is 4.22. The van der Waals surface area contributed by atoms with Crippen molar-refractivity contribution in [3.05, 3.63) is 53.7 Å². The van der Waals surface area contributed by atoms with E-state index in [1.165, 1.54) is 0 Å². The number of nitrogens with one attached hydrogen (secondary N) is 1. The van der Waals surface area contributed by atoms with Crippen molar-refractivity contribution in [2.45, 2.75) is 6.36 Å².